The molecular weight excluding hydrogens is 460 g/mol. The number of carbonyl (C=O) groups excluding carboxylic acids is 3. The molecule has 0 bridgehead atoms. The minimum atomic E-state index is -0.703. The van der Waals surface area contributed by atoms with Crippen molar-refractivity contribution in [3.05, 3.63) is 95.6 Å². The number of hydrogen-bond acceptors (Lipinski definition) is 6. The van der Waals surface area contributed by atoms with Crippen molar-refractivity contribution in [2.45, 2.75) is 13.0 Å². The molecule has 0 saturated heterocycles. The third-order valence-corrected chi connectivity index (χ3v) is 5.28. The van der Waals surface area contributed by atoms with Gasteiger partial charge in [-0.3, -0.25) is 9.59 Å². The van der Waals surface area contributed by atoms with E-state index in [2.05, 4.69) is 10.6 Å². The van der Waals surface area contributed by atoms with Gasteiger partial charge in [0.05, 0.1) is 31.5 Å². The quantitative estimate of drug-likeness (QED) is 0.324. The highest BCUT2D eigenvalue weighted by Crippen LogP contribution is 2.25. The van der Waals surface area contributed by atoms with Crippen molar-refractivity contribution >= 4 is 29.5 Å². The largest absolute Gasteiger partial charge is 0.497 e. The monoisotopic (exact) mass is 488 g/mol. The molecule has 2 amide bonds. The van der Waals surface area contributed by atoms with Crippen molar-refractivity contribution in [2.75, 3.05) is 26.1 Å². The lowest BCUT2D eigenvalue weighted by Gasteiger charge is -2.16. The van der Waals surface area contributed by atoms with Crippen molar-refractivity contribution in [1.82, 2.24) is 5.32 Å². The van der Waals surface area contributed by atoms with Crippen molar-refractivity contribution in [2.24, 2.45) is 0 Å². The van der Waals surface area contributed by atoms with Gasteiger partial charge in [0, 0.05) is 17.7 Å². The van der Waals surface area contributed by atoms with Crippen molar-refractivity contribution in [1.29, 1.82) is 0 Å². The van der Waals surface area contributed by atoms with Gasteiger partial charge in [-0.15, -0.1) is 0 Å². The fourth-order valence-electron chi connectivity index (χ4n) is 3.37. The second-order valence-electron chi connectivity index (χ2n) is 7.75. The first-order chi connectivity index (χ1) is 17.4. The maximum absolute atomic E-state index is 12.8. The lowest BCUT2D eigenvalue weighted by atomic mass is 10.1. The van der Waals surface area contributed by atoms with Gasteiger partial charge in [0.2, 0.25) is 0 Å². The lowest BCUT2D eigenvalue weighted by molar-refractivity contribution is -0.142. The Bertz CT molecular complexity index is 1240. The summed E-state index contributed by atoms with van der Waals surface area (Å²) in [4.78, 5) is 37.3. The fraction of sp³-hybridized carbons (Fsp3) is 0.179. The number of esters is 1. The van der Waals surface area contributed by atoms with Crippen molar-refractivity contribution < 1.29 is 28.6 Å². The van der Waals surface area contributed by atoms with Crippen LogP contribution in [0.1, 0.15) is 34.5 Å². The molecule has 3 aromatic rings. The maximum Gasteiger partial charge on any atom is 0.331 e. The van der Waals surface area contributed by atoms with Crippen LogP contribution in [0, 0.1) is 0 Å². The van der Waals surface area contributed by atoms with Gasteiger partial charge >= 0.3 is 5.97 Å². The summed E-state index contributed by atoms with van der Waals surface area (Å²) in [5, 5.41) is 5.55. The average molecular weight is 489 g/mol. The molecule has 0 heterocycles. The molecular formula is C28H28N2O6. The van der Waals surface area contributed by atoms with E-state index < -0.39 is 18.5 Å². The van der Waals surface area contributed by atoms with E-state index in [0.29, 0.717) is 28.3 Å². The van der Waals surface area contributed by atoms with Crippen molar-refractivity contribution in [3.8, 4) is 11.5 Å². The first-order valence-electron chi connectivity index (χ1n) is 11.2. The second-order valence-corrected chi connectivity index (χ2v) is 7.75. The van der Waals surface area contributed by atoms with Gasteiger partial charge in [-0.25, -0.2) is 4.79 Å². The molecule has 0 radical (unpaired) electrons. The van der Waals surface area contributed by atoms with Crippen LogP contribution in [0.4, 0.5) is 5.69 Å². The molecule has 0 aliphatic heterocycles. The zero-order valence-corrected chi connectivity index (χ0v) is 20.3. The second kappa shape index (κ2) is 12.8. The molecule has 0 saturated carbocycles. The highest BCUT2D eigenvalue weighted by Gasteiger charge is 2.16. The van der Waals surface area contributed by atoms with E-state index in [1.807, 2.05) is 37.3 Å². The summed E-state index contributed by atoms with van der Waals surface area (Å²) in [5.74, 6) is -0.476. The number of para-hydroxylation sites is 1. The van der Waals surface area contributed by atoms with E-state index >= 15 is 0 Å². The molecule has 0 fully saturated rings. The first kappa shape index (κ1) is 26.0. The minimum absolute atomic E-state index is 0.223. The molecule has 2 N–H and O–H groups in total. The number of nitrogens with one attached hydrogen (secondary N) is 2. The molecule has 0 aromatic heterocycles. The third-order valence-electron chi connectivity index (χ3n) is 5.28. The summed E-state index contributed by atoms with van der Waals surface area (Å²) in [7, 11) is 3.05. The van der Waals surface area contributed by atoms with Crippen LogP contribution in [0.15, 0.2) is 78.9 Å². The van der Waals surface area contributed by atoms with Gasteiger partial charge in [-0.05, 0) is 42.8 Å². The number of benzene rings is 3. The molecule has 1 atom stereocenters. The van der Waals surface area contributed by atoms with Gasteiger partial charge in [-0.1, -0.05) is 42.5 Å². The van der Waals surface area contributed by atoms with Crippen LogP contribution < -0.4 is 20.1 Å². The summed E-state index contributed by atoms with van der Waals surface area (Å²) < 4.78 is 15.5. The summed E-state index contributed by atoms with van der Waals surface area (Å²) in [6.07, 6.45) is 2.72. The molecule has 36 heavy (non-hydrogen) atoms. The zero-order valence-electron chi connectivity index (χ0n) is 20.3. The Labute approximate surface area is 209 Å². The summed E-state index contributed by atoms with van der Waals surface area (Å²) >= 11 is 0. The first-order valence-corrected chi connectivity index (χ1v) is 11.2. The predicted molar refractivity (Wildman–Crippen MR) is 137 cm³/mol. The van der Waals surface area contributed by atoms with E-state index in [0.717, 1.165) is 5.56 Å². The number of anilines is 1. The van der Waals surface area contributed by atoms with E-state index in [4.69, 9.17) is 14.2 Å². The van der Waals surface area contributed by atoms with Crippen LogP contribution >= 0.6 is 0 Å². The number of rotatable bonds is 10. The molecule has 0 spiro atoms. The Kier molecular flexibility index (Phi) is 9.22. The molecule has 0 aliphatic rings. The fourth-order valence-corrected chi connectivity index (χ4v) is 3.37. The van der Waals surface area contributed by atoms with Crippen LogP contribution in [0.2, 0.25) is 0 Å². The topological polar surface area (TPSA) is 103 Å². The van der Waals surface area contributed by atoms with E-state index in [-0.39, 0.29) is 11.9 Å². The van der Waals surface area contributed by atoms with Gasteiger partial charge in [0.15, 0.2) is 6.61 Å². The Morgan fingerprint density at radius 2 is 1.64 bits per heavy atom. The van der Waals surface area contributed by atoms with Crippen LogP contribution in [0.3, 0.4) is 0 Å². The number of carbonyl (C=O) groups is 3. The Morgan fingerprint density at radius 1 is 0.917 bits per heavy atom. The number of hydrogen-bond donors (Lipinski definition) is 2. The lowest BCUT2D eigenvalue weighted by Crippen LogP contribution is -2.28. The van der Waals surface area contributed by atoms with E-state index in [9.17, 15) is 14.4 Å². The Balaban J connectivity index is 1.56. The molecule has 3 aromatic carbocycles. The minimum Gasteiger partial charge on any atom is -0.497 e. The van der Waals surface area contributed by atoms with Crippen LogP contribution in [0.25, 0.3) is 6.08 Å². The highest BCUT2D eigenvalue weighted by atomic mass is 16.5. The van der Waals surface area contributed by atoms with Crippen LogP contribution in [-0.4, -0.2) is 38.6 Å². The highest BCUT2D eigenvalue weighted by molar-refractivity contribution is 6.04. The van der Waals surface area contributed by atoms with Gasteiger partial charge in [-0.2, -0.15) is 0 Å². The van der Waals surface area contributed by atoms with Gasteiger partial charge < -0.3 is 24.8 Å². The average Bonchev–Trinajstić information content (AvgIpc) is 2.91. The molecule has 0 aliphatic carbocycles. The standard InChI is InChI=1S/C28H28N2O6/c1-19(20-9-5-4-6-10-20)29-28(33)23-11-7-8-12-24(23)30-26(31)18-36-27(32)16-14-21-13-15-22(34-2)17-25(21)35-3/h4-17,19H,18H2,1-3H3,(H,29,33)(H,30,31)/b16-14+. The molecule has 3 rings (SSSR count). The van der Waals surface area contributed by atoms with Crippen LogP contribution in [-0.2, 0) is 14.3 Å². The third kappa shape index (κ3) is 7.20. The van der Waals surface area contributed by atoms with Crippen molar-refractivity contribution in [3.63, 3.8) is 0 Å². The SMILES string of the molecule is COc1ccc(/C=C/C(=O)OCC(=O)Nc2ccccc2C(=O)NC(C)c2ccccc2)c(OC)c1. The van der Waals surface area contributed by atoms with Gasteiger partial charge in [0.1, 0.15) is 11.5 Å². The molecule has 8 nitrogen and oxygen atoms in total. The molecule has 8 heteroatoms. The predicted octanol–water partition coefficient (Wildman–Crippen LogP) is 4.39. The summed E-state index contributed by atoms with van der Waals surface area (Å²) in [5.41, 5.74) is 2.21. The van der Waals surface area contributed by atoms with E-state index in [1.165, 1.54) is 19.3 Å². The molecule has 186 valence electrons. The smallest absolute Gasteiger partial charge is 0.331 e. The van der Waals surface area contributed by atoms with Crippen LogP contribution in [0.5, 0.6) is 11.5 Å². The summed E-state index contributed by atoms with van der Waals surface area (Å²) in [6.45, 7) is 1.36. The number of ether oxygens (including phenoxy) is 3. The number of methoxy groups -OCH3 is 2. The zero-order chi connectivity index (χ0) is 25.9. The normalized spacial score (nSPS) is 11.4. The van der Waals surface area contributed by atoms with Gasteiger partial charge in [0.25, 0.3) is 11.8 Å². The Morgan fingerprint density at radius 3 is 2.36 bits per heavy atom. The summed E-state index contributed by atoms with van der Waals surface area (Å²) in [6, 6.07) is 21.1. The number of amides is 2. The molecule has 1 unspecified atom stereocenters. The Hall–Kier alpha value is -4.59. The van der Waals surface area contributed by atoms with E-state index in [1.54, 1.807) is 49.6 Å². The maximum atomic E-state index is 12.8.